The molecule has 1 aromatic heterocycles. The molecule has 0 atom stereocenters. The van der Waals surface area contributed by atoms with E-state index in [2.05, 4.69) is 54.6 Å². The van der Waals surface area contributed by atoms with Gasteiger partial charge in [-0.15, -0.1) is 12.4 Å². The molecule has 1 heterocycles. The Balaban J connectivity index is 0.00000208. The van der Waals surface area contributed by atoms with Gasteiger partial charge in [-0.1, -0.05) is 50.2 Å². The topological polar surface area (TPSA) is 37.0 Å². The van der Waals surface area contributed by atoms with Crippen LogP contribution in [0.4, 0.5) is 0 Å². The fraction of sp³-hybridized carbons (Fsp3) is 0.300. The second-order valence-electron chi connectivity index (χ2n) is 6.13. The molecule has 2 aromatic carbocycles. The lowest BCUT2D eigenvalue weighted by Gasteiger charge is -2.10. The highest BCUT2D eigenvalue weighted by molar-refractivity contribution is 5.89. The minimum absolute atomic E-state index is 0. The molecule has 0 bridgehead atoms. The first-order chi connectivity index (χ1) is 11.2. The van der Waals surface area contributed by atoms with Crippen molar-refractivity contribution in [1.29, 1.82) is 0 Å². The van der Waals surface area contributed by atoms with E-state index in [9.17, 15) is 0 Å². The summed E-state index contributed by atoms with van der Waals surface area (Å²) in [7, 11) is 0. The number of benzene rings is 2. The molecule has 128 valence electrons. The second-order valence-corrected chi connectivity index (χ2v) is 6.13. The van der Waals surface area contributed by atoms with Crippen molar-refractivity contribution in [2.24, 2.45) is 0 Å². The summed E-state index contributed by atoms with van der Waals surface area (Å²) in [6.45, 7) is 5.90. The van der Waals surface area contributed by atoms with Crippen LogP contribution in [0.2, 0.25) is 0 Å². The molecular formula is C20H25ClN2O. The number of fused-ring (bicyclic) bond motifs is 1. The van der Waals surface area contributed by atoms with E-state index in [-0.39, 0.29) is 12.4 Å². The number of aromatic amines is 1. The van der Waals surface area contributed by atoms with E-state index in [1.54, 1.807) is 0 Å². The normalized spacial score (nSPS) is 10.8. The third kappa shape index (κ3) is 4.53. The number of ether oxygens (including phenoxy) is 1. The third-order valence-corrected chi connectivity index (χ3v) is 3.93. The molecule has 0 aliphatic heterocycles. The van der Waals surface area contributed by atoms with Crippen LogP contribution in [0.1, 0.15) is 25.0 Å². The monoisotopic (exact) mass is 344 g/mol. The highest BCUT2D eigenvalue weighted by Gasteiger charge is 2.10. The highest BCUT2D eigenvalue weighted by Crippen LogP contribution is 2.29. The number of hydrogen-bond acceptors (Lipinski definition) is 2. The standard InChI is InChI=1S/C20H24N2O.ClH/c1-15(2)21-12-11-17-13-22-18-9-6-10-19(20(17)18)23-14-16-7-4-3-5-8-16;/h3-10,13,15,21-22H,11-12,14H2,1-2H3;1H. The van der Waals surface area contributed by atoms with Gasteiger partial charge < -0.3 is 15.0 Å². The van der Waals surface area contributed by atoms with Crippen molar-refractivity contribution >= 4 is 23.3 Å². The fourth-order valence-corrected chi connectivity index (χ4v) is 2.77. The van der Waals surface area contributed by atoms with Gasteiger partial charge in [0.1, 0.15) is 12.4 Å². The molecule has 4 heteroatoms. The maximum Gasteiger partial charge on any atom is 0.129 e. The van der Waals surface area contributed by atoms with Gasteiger partial charge in [0.15, 0.2) is 0 Å². The Morgan fingerprint density at radius 2 is 1.83 bits per heavy atom. The summed E-state index contributed by atoms with van der Waals surface area (Å²) < 4.78 is 6.09. The lowest BCUT2D eigenvalue weighted by atomic mass is 10.1. The Morgan fingerprint density at radius 1 is 1.04 bits per heavy atom. The van der Waals surface area contributed by atoms with Crippen molar-refractivity contribution in [3.05, 3.63) is 65.9 Å². The predicted octanol–water partition coefficient (Wildman–Crippen LogP) is 4.71. The summed E-state index contributed by atoms with van der Waals surface area (Å²) in [6.07, 6.45) is 3.09. The number of rotatable bonds is 7. The van der Waals surface area contributed by atoms with Gasteiger partial charge in [-0.05, 0) is 36.2 Å². The molecule has 3 aromatic rings. The number of hydrogen-bond donors (Lipinski definition) is 2. The van der Waals surface area contributed by atoms with Crippen LogP contribution in [0, 0.1) is 0 Å². The zero-order chi connectivity index (χ0) is 16.1. The zero-order valence-electron chi connectivity index (χ0n) is 14.2. The minimum Gasteiger partial charge on any atom is -0.488 e. The lowest BCUT2D eigenvalue weighted by molar-refractivity contribution is 0.310. The maximum atomic E-state index is 6.09. The molecule has 0 fully saturated rings. The summed E-state index contributed by atoms with van der Waals surface area (Å²) in [4.78, 5) is 3.36. The van der Waals surface area contributed by atoms with Crippen molar-refractivity contribution in [3.8, 4) is 5.75 Å². The predicted molar refractivity (Wildman–Crippen MR) is 103 cm³/mol. The summed E-state index contributed by atoms with van der Waals surface area (Å²) in [5, 5.41) is 4.67. The van der Waals surface area contributed by atoms with E-state index in [1.165, 1.54) is 16.5 Å². The van der Waals surface area contributed by atoms with Crippen LogP contribution in [0.15, 0.2) is 54.7 Å². The van der Waals surface area contributed by atoms with Crippen molar-refractivity contribution in [2.45, 2.75) is 32.9 Å². The number of halogens is 1. The van der Waals surface area contributed by atoms with Gasteiger partial charge in [-0.25, -0.2) is 0 Å². The molecule has 0 spiro atoms. The summed E-state index contributed by atoms with van der Waals surface area (Å²) in [5.41, 5.74) is 3.62. The van der Waals surface area contributed by atoms with Gasteiger partial charge in [-0.3, -0.25) is 0 Å². The minimum atomic E-state index is 0. The molecule has 2 N–H and O–H groups in total. The molecule has 0 saturated heterocycles. The highest BCUT2D eigenvalue weighted by atomic mass is 35.5. The summed E-state index contributed by atoms with van der Waals surface area (Å²) in [5.74, 6) is 0.951. The molecule has 0 unspecified atom stereocenters. The van der Waals surface area contributed by atoms with Crippen LogP contribution in [0.25, 0.3) is 10.9 Å². The second kappa shape index (κ2) is 8.76. The van der Waals surface area contributed by atoms with E-state index >= 15 is 0 Å². The number of aromatic nitrogens is 1. The van der Waals surface area contributed by atoms with Gasteiger partial charge in [-0.2, -0.15) is 0 Å². The molecular weight excluding hydrogens is 320 g/mol. The molecule has 0 aliphatic rings. The van der Waals surface area contributed by atoms with Crippen LogP contribution in [-0.2, 0) is 13.0 Å². The Labute approximate surface area is 149 Å². The largest absolute Gasteiger partial charge is 0.488 e. The zero-order valence-corrected chi connectivity index (χ0v) is 15.0. The first kappa shape index (κ1) is 18.4. The van der Waals surface area contributed by atoms with Crippen molar-refractivity contribution < 1.29 is 4.74 Å². The molecule has 0 aliphatic carbocycles. The van der Waals surface area contributed by atoms with Gasteiger partial charge >= 0.3 is 0 Å². The van der Waals surface area contributed by atoms with Crippen molar-refractivity contribution in [1.82, 2.24) is 10.3 Å². The summed E-state index contributed by atoms with van der Waals surface area (Å²) >= 11 is 0. The van der Waals surface area contributed by atoms with Crippen molar-refractivity contribution in [3.63, 3.8) is 0 Å². The molecule has 3 nitrogen and oxygen atoms in total. The van der Waals surface area contributed by atoms with Crippen LogP contribution in [0.5, 0.6) is 5.75 Å². The van der Waals surface area contributed by atoms with Gasteiger partial charge in [0.2, 0.25) is 0 Å². The van der Waals surface area contributed by atoms with E-state index in [4.69, 9.17) is 4.74 Å². The van der Waals surface area contributed by atoms with Gasteiger partial charge in [0.05, 0.1) is 0 Å². The van der Waals surface area contributed by atoms with Crippen LogP contribution in [0.3, 0.4) is 0 Å². The number of H-pyrrole nitrogens is 1. The van der Waals surface area contributed by atoms with Crippen LogP contribution >= 0.6 is 12.4 Å². The Kier molecular flexibility index (Phi) is 6.71. The third-order valence-electron chi connectivity index (χ3n) is 3.93. The molecule has 3 rings (SSSR count). The van der Waals surface area contributed by atoms with Crippen molar-refractivity contribution in [2.75, 3.05) is 6.54 Å². The van der Waals surface area contributed by atoms with E-state index in [1.807, 2.05) is 24.3 Å². The molecule has 0 radical (unpaired) electrons. The fourth-order valence-electron chi connectivity index (χ4n) is 2.77. The Hall–Kier alpha value is -1.97. The SMILES string of the molecule is CC(C)NCCc1c[nH]c2cccc(OCc3ccccc3)c12.Cl. The van der Waals surface area contributed by atoms with E-state index in [0.717, 1.165) is 24.2 Å². The molecule has 0 saturated carbocycles. The average Bonchev–Trinajstić information content (AvgIpc) is 2.97. The Bertz CT molecular complexity index is 753. The van der Waals surface area contributed by atoms with Crippen LogP contribution < -0.4 is 10.1 Å². The Morgan fingerprint density at radius 3 is 2.58 bits per heavy atom. The smallest absolute Gasteiger partial charge is 0.129 e. The first-order valence-electron chi connectivity index (χ1n) is 8.23. The quantitative estimate of drug-likeness (QED) is 0.651. The summed E-state index contributed by atoms with van der Waals surface area (Å²) in [6, 6.07) is 17.0. The average molecular weight is 345 g/mol. The first-order valence-corrected chi connectivity index (χ1v) is 8.23. The molecule has 24 heavy (non-hydrogen) atoms. The van der Waals surface area contributed by atoms with Gasteiger partial charge in [0, 0.05) is 23.1 Å². The van der Waals surface area contributed by atoms with E-state index in [0.29, 0.717) is 12.6 Å². The van der Waals surface area contributed by atoms with Gasteiger partial charge in [0.25, 0.3) is 0 Å². The molecule has 0 amide bonds. The van der Waals surface area contributed by atoms with Crippen LogP contribution in [-0.4, -0.2) is 17.6 Å². The van der Waals surface area contributed by atoms with E-state index < -0.39 is 0 Å². The maximum absolute atomic E-state index is 6.09. The lowest BCUT2D eigenvalue weighted by Crippen LogP contribution is -2.24. The number of nitrogens with one attached hydrogen (secondary N) is 2.